The van der Waals surface area contributed by atoms with E-state index >= 15 is 0 Å². The van der Waals surface area contributed by atoms with E-state index in [4.69, 9.17) is 0 Å². The van der Waals surface area contributed by atoms with Crippen LogP contribution in [0.3, 0.4) is 0 Å². The minimum Gasteiger partial charge on any atom is -0.0997 e. The fourth-order valence-electron chi connectivity index (χ4n) is 2.51. The van der Waals surface area contributed by atoms with Gasteiger partial charge in [0.05, 0.1) is 0 Å². The Hall–Kier alpha value is -1.15. The van der Waals surface area contributed by atoms with Crippen molar-refractivity contribution in [2.24, 2.45) is 0 Å². The van der Waals surface area contributed by atoms with Crippen LogP contribution in [0.2, 0.25) is 0 Å². The third-order valence-corrected chi connectivity index (χ3v) is 6.40. The zero-order chi connectivity index (χ0) is 11.0. The molecule has 2 aromatic carbocycles. The standard InChI is InChI=1S/C14H15OS/c15-16(10-3-4-11-16)14-9-5-7-12-6-1-2-8-13(12)14/h1-2,5-9H,3-4,10-11H2/q+1. The molecule has 0 radical (unpaired) electrons. The van der Waals surface area contributed by atoms with E-state index in [9.17, 15) is 4.21 Å². The van der Waals surface area contributed by atoms with E-state index in [1.807, 2.05) is 18.2 Å². The van der Waals surface area contributed by atoms with E-state index in [1.165, 1.54) is 10.8 Å². The molecule has 1 saturated heterocycles. The van der Waals surface area contributed by atoms with Crippen LogP contribution in [0.5, 0.6) is 0 Å². The molecule has 1 nitrogen and oxygen atoms in total. The Kier molecular flexibility index (Phi) is 2.32. The molecule has 0 atom stereocenters. The van der Waals surface area contributed by atoms with Crippen LogP contribution in [0.25, 0.3) is 10.8 Å². The lowest BCUT2D eigenvalue weighted by Gasteiger charge is -2.07. The lowest BCUT2D eigenvalue weighted by Crippen LogP contribution is -2.13. The molecular weight excluding hydrogens is 216 g/mol. The van der Waals surface area contributed by atoms with Crippen molar-refractivity contribution in [3.63, 3.8) is 0 Å². The maximum Gasteiger partial charge on any atom is 0.165 e. The molecule has 0 bridgehead atoms. The first-order valence-electron chi connectivity index (χ1n) is 5.77. The smallest absolute Gasteiger partial charge is 0.0997 e. The summed E-state index contributed by atoms with van der Waals surface area (Å²) in [5.74, 6) is 1.75. The lowest BCUT2D eigenvalue weighted by atomic mass is 10.1. The summed E-state index contributed by atoms with van der Waals surface area (Å²) in [6, 6.07) is 14.4. The van der Waals surface area contributed by atoms with Gasteiger partial charge >= 0.3 is 0 Å². The highest BCUT2D eigenvalue weighted by atomic mass is 32.2. The van der Waals surface area contributed by atoms with E-state index in [0.717, 1.165) is 29.2 Å². The molecule has 16 heavy (non-hydrogen) atoms. The van der Waals surface area contributed by atoms with Crippen LogP contribution < -0.4 is 0 Å². The Morgan fingerprint density at radius 2 is 1.56 bits per heavy atom. The van der Waals surface area contributed by atoms with Gasteiger partial charge in [0.1, 0.15) is 21.4 Å². The molecule has 0 aromatic heterocycles. The maximum atomic E-state index is 12.8. The normalized spacial score (nSPS) is 19.0. The van der Waals surface area contributed by atoms with Crippen LogP contribution in [-0.2, 0) is 14.1 Å². The van der Waals surface area contributed by atoms with Crippen molar-refractivity contribution in [2.45, 2.75) is 17.7 Å². The highest BCUT2D eigenvalue weighted by Gasteiger charge is 2.36. The largest absolute Gasteiger partial charge is 0.165 e. The van der Waals surface area contributed by atoms with Gasteiger partial charge < -0.3 is 0 Å². The summed E-state index contributed by atoms with van der Waals surface area (Å²) in [5, 5.41) is 2.38. The van der Waals surface area contributed by atoms with Crippen LogP contribution in [0.4, 0.5) is 0 Å². The van der Waals surface area contributed by atoms with Crippen molar-refractivity contribution >= 4 is 20.7 Å². The first-order chi connectivity index (χ1) is 7.80. The predicted molar refractivity (Wildman–Crippen MR) is 69.2 cm³/mol. The minimum atomic E-state index is -1.76. The second kappa shape index (κ2) is 3.70. The van der Waals surface area contributed by atoms with Crippen molar-refractivity contribution in [1.82, 2.24) is 0 Å². The van der Waals surface area contributed by atoms with Crippen molar-refractivity contribution in [3.8, 4) is 0 Å². The van der Waals surface area contributed by atoms with Gasteiger partial charge in [0.25, 0.3) is 0 Å². The van der Waals surface area contributed by atoms with Gasteiger partial charge in [-0.2, -0.15) is 0 Å². The Bertz CT molecular complexity index is 558. The van der Waals surface area contributed by atoms with Gasteiger partial charge in [-0.1, -0.05) is 34.5 Å². The van der Waals surface area contributed by atoms with Crippen molar-refractivity contribution in [2.75, 3.05) is 11.5 Å². The van der Waals surface area contributed by atoms with E-state index in [1.54, 1.807) is 0 Å². The van der Waals surface area contributed by atoms with Gasteiger partial charge in [0.15, 0.2) is 4.90 Å². The SMILES string of the molecule is O=[S+]1(c2cccc3ccccc23)CCCC1. The lowest BCUT2D eigenvalue weighted by molar-refractivity contribution is 0.588. The monoisotopic (exact) mass is 231 g/mol. The molecule has 1 aliphatic heterocycles. The number of benzene rings is 2. The molecule has 1 fully saturated rings. The predicted octanol–water partition coefficient (Wildman–Crippen LogP) is 3.49. The van der Waals surface area contributed by atoms with Gasteiger partial charge in [-0.15, -0.1) is 0 Å². The molecule has 82 valence electrons. The zero-order valence-corrected chi connectivity index (χ0v) is 10.0. The second-order valence-electron chi connectivity index (χ2n) is 4.40. The van der Waals surface area contributed by atoms with Gasteiger partial charge in [-0.3, -0.25) is 0 Å². The van der Waals surface area contributed by atoms with Crippen LogP contribution in [-0.4, -0.2) is 11.5 Å². The molecule has 1 aliphatic rings. The maximum absolute atomic E-state index is 12.8. The molecule has 0 N–H and O–H groups in total. The third kappa shape index (κ3) is 1.49. The van der Waals surface area contributed by atoms with E-state index in [2.05, 4.69) is 24.3 Å². The summed E-state index contributed by atoms with van der Waals surface area (Å²) in [7, 11) is -1.76. The summed E-state index contributed by atoms with van der Waals surface area (Å²) in [5.41, 5.74) is 0. The summed E-state index contributed by atoms with van der Waals surface area (Å²) in [6.45, 7) is 0. The van der Waals surface area contributed by atoms with E-state index < -0.39 is 9.93 Å². The van der Waals surface area contributed by atoms with Crippen LogP contribution in [0, 0.1) is 0 Å². The van der Waals surface area contributed by atoms with Gasteiger partial charge in [0.2, 0.25) is 0 Å². The molecule has 2 heteroatoms. The van der Waals surface area contributed by atoms with Gasteiger partial charge in [0, 0.05) is 5.39 Å². The highest BCUT2D eigenvalue weighted by Crippen LogP contribution is 2.33. The zero-order valence-electron chi connectivity index (χ0n) is 9.19. The van der Waals surface area contributed by atoms with Crippen molar-refractivity contribution < 1.29 is 4.21 Å². The molecule has 1 heterocycles. The number of hydrogen-bond acceptors (Lipinski definition) is 1. The molecular formula is C14H15OS+. The summed E-state index contributed by atoms with van der Waals surface area (Å²) >= 11 is 0. The summed E-state index contributed by atoms with van der Waals surface area (Å²) in [6.07, 6.45) is 2.23. The summed E-state index contributed by atoms with van der Waals surface area (Å²) < 4.78 is 12.8. The van der Waals surface area contributed by atoms with Gasteiger partial charge in [-0.05, 0) is 30.4 Å². The molecule has 0 spiro atoms. The molecule has 3 rings (SSSR count). The van der Waals surface area contributed by atoms with E-state index in [0.29, 0.717) is 0 Å². The number of fused-ring (bicyclic) bond motifs is 1. The number of hydrogen-bond donors (Lipinski definition) is 0. The fourth-order valence-corrected chi connectivity index (χ4v) is 5.41. The Morgan fingerprint density at radius 1 is 0.875 bits per heavy atom. The average Bonchev–Trinajstić information content (AvgIpc) is 2.77. The van der Waals surface area contributed by atoms with Crippen molar-refractivity contribution in [1.29, 1.82) is 0 Å². The second-order valence-corrected chi connectivity index (χ2v) is 7.28. The van der Waals surface area contributed by atoms with Crippen molar-refractivity contribution in [3.05, 3.63) is 42.5 Å². The van der Waals surface area contributed by atoms with Crippen LogP contribution >= 0.6 is 0 Å². The highest BCUT2D eigenvalue weighted by molar-refractivity contribution is 8.03. The Morgan fingerprint density at radius 3 is 2.38 bits per heavy atom. The Labute approximate surface area is 96.9 Å². The first kappa shape index (κ1) is 10.0. The summed E-state index contributed by atoms with van der Waals surface area (Å²) in [4.78, 5) is 1.09. The quantitative estimate of drug-likeness (QED) is 0.687. The molecule has 2 aromatic rings. The topological polar surface area (TPSA) is 17.1 Å². The van der Waals surface area contributed by atoms with Crippen LogP contribution in [0.15, 0.2) is 47.4 Å². The molecule has 0 aliphatic carbocycles. The third-order valence-electron chi connectivity index (χ3n) is 3.35. The minimum absolute atomic E-state index is 0.876. The Balaban J connectivity index is 2.27. The van der Waals surface area contributed by atoms with E-state index in [-0.39, 0.29) is 0 Å². The van der Waals surface area contributed by atoms with Gasteiger partial charge in [-0.25, -0.2) is 0 Å². The average molecular weight is 231 g/mol. The fraction of sp³-hybridized carbons (Fsp3) is 0.286. The molecule has 0 unspecified atom stereocenters. The molecule has 0 amide bonds. The first-order valence-corrected chi connectivity index (χ1v) is 7.67. The van der Waals surface area contributed by atoms with Crippen LogP contribution in [0.1, 0.15) is 12.8 Å². The number of rotatable bonds is 1. The molecule has 0 saturated carbocycles.